The molecule has 1 N–H and O–H groups in total. The molecule has 1 heterocycles. The lowest BCUT2D eigenvalue weighted by Crippen LogP contribution is -2.38. The number of methoxy groups -OCH3 is 1. The Morgan fingerprint density at radius 1 is 1.16 bits per heavy atom. The number of Topliss-reactive ketones (excluding diaryl/α,β-unsaturated/α-hetero) is 1. The minimum Gasteiger partial charge on any atom is -0.497 e. The summed E-state index contributed by atoms with van der Waals surface area (Å²) in [4.78, 5) is 38.2. The molecule has 0 unspecified atom stereocenters. The second kappa shape index (κ2) is 10.9. The van der Waals surface area contributed by atoms with Crippen molar-refractivity contribution in [3.63, 3.8) is 0 Å². The molecule has 8 heteroatoms. The van der Waals surface area contributed by atoms with Gasteiger partial charge in [-0.15, -0.1) is 11.3 Å². The standard InChI is InChI=1S/C24H23ClN2O4S/c1-3-12-26-22(29)15-27-23(14-20(28)16-8-10-18(31-2)11-9-16)32-21(24(27)30)13-17-6-4-5-7-19(17)25/h4-11,13-14H,3,12,15H2,1-2H3,(H,26,29)/b21-13-,23-14-. The number of aromatic nitrogens is 1. The molecule has 0 saturated carbocycles. The lowest BCUT2D eigenvalue weighted by Gasteiger charge is -2.04. The minimum atomic E-state index is -0.352. The maximum absolute atomic E-state index is 13.1. The van der Waals surface area contributed by atoms with Crippen molar-refractivity contribution in [1.82, 2.24) is 9.88 Å². The summed E-state index contributed by atoms with van der Waals surface area (Å²) < 4.78 is 7.22. The Morgan fingerprint density at radius 2 is 1.88 bits per heavy atom. The third-order valence-electron chi connectivity index (χ3n) is 4.63. The molecular weight excluding hydrogens is 448 g/mol. The van der Waals surface area contributed by atoms with Crippen LogP contribution >= 0.6 is 22.9 Å². The van der Waals surface area contributed by atoms with E-state index in [1.807, 2.05) is 13.0 Å². The molecule has 0 aliphatic heterocycles. The number of nitrogens with one attached hydrogen (secondary N) is 1. The molecule has 0 aliphatic rings. The molecule has 0 radical (unpaired) electrons. The number of carbonyl (C=O) groups excluding carboxylic acids is 2. The fraction of sp³-hybridized carbons (Fsp3) is 0.208. The van der Waals surface area contributed by atoms with Gasteiger partial charge in [0.05, 0.1) is 11.6 Å². The Labute approximate surface area is 194 Å². The van der Waals surface area contributed by atoms with Crippen molar-refractivity contribution in [2.45, 2.75) is 19.9 Å². The number of ketones is 1. The Hall–Kier alpha value is -3.16. The number of amides is 1. The molecule has 0 aliphatic carbocycles. The van der Waals surface area contributed by atoms with Gasteiger partial charge in [-0.3, -0.25) is 19.0 Å². The molecule has 0 saturated heterocycles. The van der Waals surface area contributed by atoms with Gasteiger partial charge in [0, 0.05) is 23.2 Å². The second-order valence-electron chi connectivity index (χ2n) is 6.95. The number of benzene rings is 2. The van der Waals surface area contributed by atoms with Gasteiger partial charge in [-0.05, 0) is 48.4 Å². The summed E-state index contributed by atoms with van der Waals surface area (Å²) in [5.74, 6) is 0.0716. The third-order valence-corrected chi connectivity index (χ3v) is 6.04. The number of hydrogen-bond acceptors (Lipinski definition) is 5. The highest BCUT2D eigenvalue weighted by molar-refractivity contribution is 7.07. The summed E-state index contributed by atoms with van der Waals surface area (Å²) in [5.41, 5.74) is 0.781. The van der Waals surface area contributed by atoms with Crippen molar-refractivity contribution in [1.29, 1.82) is 0 Å². The zero-order chi connectivity index (χ0) is 23.1. The molecule has 1 aromatic heterocycles. The first-order chi connectivity index (χ1) is 15.4. The lowest BCUT2D eigenvalue weighted by molar-refractivity contribution is -0.121. The van der Waals surface area contributed by atoms with Gasteiger partial charge in [0.1, 0.15) is 17.0 Å². The topological polar surface area (TPSA) is 77.4 Å². The highest BCUT2D eigenvalue weighted by Crippen LogP contribution is 2.15. The normalized spacial score (nSPS) is 12.1. The van der Waals surface area contributed by atoms with E-state index in [0.29, 0.717) is 37.6 Å². The quantitative estimate of drug-likeness (QED) is 0.513. The summed E-state index contributed by atoms with van der Waals surface area (Å²) in [5, 5.41) is 3.27. The number of hydrogen-bond donors (Lipinski definition) is 1. The summed E-state index contributed by atoms with van der Waals surface area (Å²) in [6.45, 7) is 2.29. The number of carbonyl (C=O) groups is 2. The smallest absolute Gasteiger partial charge is 0.269 e. The largest absolute Gasteiger partial charge is 0.497 e. The van der Waals surface area contributed by atoms with E-state index in [9.17, 15) is 14.4 Å². The van der Waals surface area contributed by atoms with E-state index in [0.717, 1.165) is 17.8 Å². The summed E-state index contributed by atoms with van der Waals surface area (Å²) in [6.07, 6.45) is 3.83. The highest BCUT2D eigenvalue weighted by atomic mass is 35.5. The second-order valence-corrected chi connectivity index (χ2v) is 8.42. The SMILES string of the molecule is CCCNC(=O)Cn1c(=O)/c(=C/c2ccccc2Cl)s/c1=C\C(=O)c1ccc(OC)cc1. The van der Waals surface area contributed by atoms with Gasteiger partial charge in [0.2, 0.25) is 5.91 Å². The monoisotopic (exact) mass is 470 g/mol. The summed E-state index contributed by atoms with van der Waals surface area (Å²) in [6, 6.07) is 13.8. The van der Waals surface area contributed by atoms with Gasteiger partial charge in [-0.2, -0.15) is 0 Å². The van der Waals surface area contributed by atoms with Crippen molar-refractivity contribution < 1.29 is 14.3 Å². The first-order valence-corrected chi connectivity index (χ1v) is 11.2. The van der Waals surface area contributed by atoms with Crippen LogP contribution in [0.25, 0.3) is 12.2 Å². The molecule has 3 aromatic rings. The average Bonchev–Trinajstić information content (AvgIpc) is 3.08. The molecular formula is C24H23ClN2O4S. The highest BCUT2D eigenvalue weighted by Gasteiger charge is 2.12. The van der Waals surface area contributed by atoms with Crippen LogP contribution in [0.4, 0.5) is 0 Å². The van der Waals surface area contributed by atoms with E-state index in [-0.39, 0.29) is 23.8 Å². The molecule has 0 atom stereocenters. The van der Waals surface area contributed by atoms with Gasteiger partial charge in [-0.25, -0.2) is 0 Å². The van der Waals surface area contributed by atoms with Crippen LogP contribution in [-0.2, 0) is 11.3 Å². The van der Waals surface area contributed by atoms with Crippen molar-refractivity contribution in [3.05, 3.63) is 84.2 Å². The van der Waals surface area contributed by atoms with Crippen LogP contribution in [0.3, 0.4) is 0 Å². The average molecular weight is 471 g/mol. The Balaban J connectivity index is 2.09. The van der Waals surface area contributed by atoms with Crippen molar-refractivity contribution in [3.8, 4) is 5.75 Å². The Kier molecular flexibility index (Phi) is 8.03. The predicted molar refractivity (Wildman–Crippen MR) is 128 cm³/mol. The van der Waals surface area contributed by atoms with E-state index >= 15 is 0 Å². The molecule has 32 heavy (non-hydrogen) atoms. The van der Waals surface area contributed by atoms with Crippen LogP contribution in [0.5, 0.6) is 5.75 Å². The van der Waals surface area contributed by atoms with Crippen molar-refractivity contribution >= 4 is 46.8 Å². The maximum atomic E-state index is 13.1. The van der Waals surface area contributed by atoms with Crippen molar-refractivity contribution in [2.75, 3.05) is 13.7 Å². The molecule has 0 spiro atoms. The van der Waals surface area contributed by atoms with Gasteiger partial charge in [0.15, 0.2) is 5.78 Å². The van der Waals surface area contributed by atoms with E-state index in [2.05, 4.69) is 5.32 Å². The van der Waals surface area contributed by atoms with Crippen LogP contribution < -0.4 is 24.8 Å². The molecule has 2 aromatic carbocycles. The fourth-order valence-electron chi connectivity index (χ4n) is 2.94. The third kappa shape index (κ3) is 5.75. The number of rotatable bonds is 8. The lowest BCUT2D eigenvalue weighted by atomic mass is 10.1. The van der Waals surface area contributed by atoms with E-state index in [1.165, 1.54) is 10.6 Å². The van der Waals surface area contributed by atoms with E-state index in [4.69, 9.17) is 16.3 Å². The van der Waals surface area contributed by atoms with E-state index < -0.39 is 0 Å². The minimum absolute atomic E-state index is 0.173. The number of halogens is 1. The first-order valence-electron chi connectivity index (χ1n) is 10.1. The first kappa shape index (κ1) is 23.5. The number of nitrogens with zero attached hydrogens (tertiary/aromatic N) is 1. The van der Waals surface area contributed by atoms with E-state index in [1.54, 1.807) is 55.7 Å². The predicted octanol–water partition coefficient (Wildman–Crippen LogP) is 2.59. The van der Waals surface area contributed by atoms with Gasteiger partial charge in [-0.1, -0.05) is 36.7 Å². The maximum Gasteiger partial charge on any atom is 0.269 e. The fourth-order valence-corrected chi connectivity index (χ4v) is 4.16. The van der Waals surface area contributed by atoms with Crippen LogP contribution in [0.1, 0.15) is 29.3 Å². The Bertz CT molecular complexity index is 1290. The van der Waals surface area contributed by atoms with Gasteiger partial charge >= 0.3 is 0 Å². The van der Waals surface area contributed by atoms with Crippen molar-refractivity contribution in [2.24, 2.45) is 0 Å². The van der Waals surface area contributed by atoms with Crippen LogP contribution in [0.15, 0.2) is 53.3 Å². The molecule has 3 rings (SSSR count). The number of ether oxygens (including phenoxy) is 1. The van der Waals surface area contributed by atoms with Gasteiger partial charge < -0.3 is 10.1 Å². The molecule has 6 nitrogen and oxygen atoms in total. The van der Waals surface area contributed by atoms with Crippen LogP contribution in [0, 0.1) is 0 Å². The summed E-state index contributed by atoms with van der Waals surface area (Å²) in [7, 11) is 1.55. The van der Waals surface area contributed by atoms with Gasteiger partial charge in [0.25, 0.3) is 5.56 Å². The zero-order valence-corrected chi connectivity index (χ0v) is 19.3. The molecule has 0 bridgehead atoms. The number of thiazole rings is 1. The Morgan fingerprint density at radius 3 is 2.53 bits per heavy atom. The molecule has 0 fully saturated rings. The zero-order valence-electron chi connectivity index (χ0n) is 17.8. The van der Waals surface area contributed by atoms with Crippen LogP contribution in [0.2, 0.25) is 5.02 Å². The molecule has 166 valence electrons. The summed E-state index contributed by atoms with van der Waals surface area (Å²) >= 11 is 7.37. The van der Waals surface area contributed by atoms with Crippen LogP contribution in [-0.4, -0.2) is 29.9 Å². The molecule has 1 amide bonds.